The van der Waals surface area contributed by atoms with Crippen LogP contribution in [-0.2, 0) is 4.79 Å². The molecule has 24 heavy (non-hydrogen) atoms. The van der Waals surface area contributed by atoms with Gasteiger partial charge in [0.1, 0.15) is 5.54 Å². The molecule has 2 fully saturated rings. The van der Waals surface area contributed by atoms with Gasteiger partial charge in [-0.25, -0.2) is 4.79 Å². The lowest BCUT2D eigenvalue weighted by Crippen LogP contribution is -2.44. The first-order valence-electron chi connectivity index (χ1n) is 8.74. The van der Waals surface area contributed by atoms with Gasteiger partial charge in [-0.3, -0.25) is 14.5 Å². The van der Waals surface area contributed by atoms with Crippen LogP contribution in [-0.4, -0.2) is 34.7 Å². The molecule has 1 aliphatic carbocycles. The van der Waals surface area contributed by atoms with Gasteiger partial charge in [0.15, 0.2) is 5.78 Å². The molecule has 0 unspecified atom stereocenters. The summed E-state index contributed by atoms with van der Waals surface area (Å²) in [6, 6.07) is 7.03. The van der Waals surface area contributed by atoms with E-state index in [4.69, 9.17) is 0 Å². The van der Waals surface area contributed by atoms with Gasteiger partial charge in [0.05, 0.1) is 6.54 Å². The summed E-state index contributed by atoms with van der Waals surface area (Å²) in [5.41, 5.74) is 0.974. The number of nitrogens with zero attached hydrogens (tertiary/aromatic N) is 1. The Kier molecular flexibility index (Phi) is 4.43. The summed E-state index contributed by atoms with van der Waals surface area (Å²) in [6.45, 7) is 4.08. The summed E-state index contributed by atoms with van der Waals surface area (Å²) in [5, 5.41) is 2.80. The highest BCUT2D eigenvalue weighted by molar-refractivity contribution is 6.11. The molecule has 128 valence electrons. The average Bonchev–Trinajstić information content (AvgIpc) is 3.15. The first-order chi connectivity index (χ1) is 11.5. The fraction of sp³-hybridized carbons (Fsp3) is 0.526. The Morgan fingerprint density at radius 2 is 1.83 bits per heavy atom. The average molecular weight is 328 g/mol. The first-order valence-corrected chi connectivity index (χ1v) is 8.74. The first kappa shape index (κ1) is 16.7. The van der Waals surface area contributed by atoms with Gasteiger partial charge in [0, 0.05) is 5.56 Å². The number of benzene rings is 1. The van der Waals surface area contributed by atoms with Crippen LogP contribution in [0.3, 0.4) is 0 Å². The number of carbonyl (C=O) groups excluding carboxylic acids is 3. The fourth-order valence-corrected chi connectivity index (χ4v) is 3.61. The summed E-state index contributed by atoms with van der Waals surface area (Å²) >= 11 is 0. The Morgan fingerprint density at radius 1 is 1.21 bits per heavy atom. The number of imide groups is 1. The predicted octanol–water partition coefficient (Wildman–Crippen LogP) is 3.25. The minimum Gasteiger partial charge on any atom is -0.323 e. The van der Waals surface area contributed by atoms with Crippen LogP contribution in [0.4, 0.5) is 4.79 Å². The van der Waals surface area contributed by atoms with Crippen LogP contribution < -0.4 is 5.32 Å². The largest absolute Gasteiger partial charge is 0.325 e. The van der Waals surface area contributed by atoms with Crippen LogP contribution in [0.2, 0.25) is 0 Å². The highest BCUT2D eigenvalue weighted by Gasteiger charge is 2.52. The number of amides is 3. The zero-order chi connectivity index (χ0) is 17.3. The molecule has 1 saturated heterocycles. The van der Waals surface area contributed by atoms with Gasteiger partial charge in [0.2, 0.25) is 0 Å². The number of nitrogens with one attached hydrogen (secondary N) is 1. The molecule has 1 aromatic carbocycles. The second kappa shape index (κ2) is 6.38. The number of ketones is 1. The number of carbonyl (C=O) groups is 3. The second-order valence-corrected chi connectivity index (χ2v) is 6.97. The molecule has 1 spiro atoms. The van der Waals surface area contributed by atoms with Gasteiger partial charge < -0.3 is 5.32 Å². The molecule has 1 aromatic rings. The van der Waals surface area contributed by atoms with Gasteiger partial charge >= 0.3 is 6.03 Å². The minimum atomic E-state index is -0.752. The van der Waals surface area contributed by atoms with Crippen molar-refractivity contribution in [3.8, 4) is 0 Å². The number of hydrogen-bond acceptors (Lipinski definition) is 3. The molecular formula is C19H24N2O3. The Balaban J connectivity index is 1.70. The van der Waals surface area contributed by atoms with Crippen LogP contribution in [0.15, 0.2) is 24.3 Å². The van der Waals surface area contributed by atoms with Crippen LogP contribution in [0.25, 0.3) is 0 Å². The van der Waals surface area contributed by atoms with Crippen molar-refractivity contribution >= 4 is 17.7 Å². The van der Waals surface area contributed by atoms with Crippen molar-refractivity contribution in [2.24, 2.45) is 0 Å². The van der Waals surface area contributed by atoms with E-state index in [0.717, 1.165) is 24.2 Å². The van der Waals surface area contributed by atoms with E-state index in [2.05, 4.69) is 19.2 Å². The summed E-state index contributed by atoms with van der Waals surface area (Å²) in [7, 11) is 0. The molecule has 0 radical (unpaired) electrons. The van der Waals surface area contributed by atoms with Gasteiger partial charge in [-0.15, -0.1) is 0 Å². The number of hydrogen-bond donors (Lipinski definition) is 1. The van der Waals surface area contributed by atoms with Crippen molar-refractivity contribution in [2.75, 3.05) is 6.54 Å². The molecular weight excluding hydrogens is 304 g/mol. The van der Waals surface area contributed by atoms with Crippen molar-refractivity contribution in [1.29, 1.82) is 0 Å². The third-order valence-electron chi connectivity index (χ3n) is 5.42. The Labute approximate surface area is 142 Å². The molecule has 3 amide bonds. The fourth-order valence-electron chi connectivity index (χ4n) is 3.61. The molecule has 1 aliphatic heterocycles. The molecule has 5 nitrogen and oxygen atoms in total. The summed E-state index contributed by atoms with van der Waals surface area (Å²) in [4.78, 5) is 38.3. The lowest BCUT2D eigenvalue weighted by Gasteiger charge is -2.19. The topological polar surface area (TPSA) is 66.5 Å². The van der Waals surface area contributed by atoms with E-state index in [1.54, 1.807) is 12.1 Å². The van der Waals surface area contributed by atoms with Crippen molar-refractivity contribution in [3.63, 3.8) is 0 Å². The molecule has 1 heterocycles. The van der Waals surface area contributed by atoms with E-state index in [1.165, 1.54) is 5.56 Å². The van der Waals surface area contributed by atoms with Crippen molar-refractivity contribution < 1.29 is 14.4 Å². The summed E-state index contributed by atoms with van der Waals surface area (Å²) in [6.07, 6.45) is 4.26. The zero-order valence-electron chi connectivity index (χ0n) is 14.3. The SMILES string of the molecule is CC[C@H](C)c1ccc(C(=O)CN2C(=O)NC3(CCCC3)C2=O)cc1. The predicted molar refractivity (Wildman–Crippen MR) is 90.9 cm³/mol. The van der Waals surface area contributed by atoms with E-state index in [-0.39, 0.29) is 18.2 Å². The highest BCUT2D eigenvalue weighted by atomic mass is 16.2. The molecule has 1 N–H and O–H groups in total. The third-order valence-corrected chi connectivity index (χ3v) is 5.42. The normalized spacial score (nSPS) is 20.5. The standard InChI is InChI=1S/C19H24N2O3/c1-3-13(2)14-6-8-15(9-7-14)16(22)12-21-17(23)19(20-18(21)24)10-4-5-11-19/h6-9,13H,3-5,10-12H2,1-2H3,(H,20,24)/t13-/m0/s1. The smallest absolute Gasteiger partial charge is 0.323 e. The second-order valence-electron chi connectivity index (χ2n) is 6.97. The Hall–Kier alpha value is -2.17. The summed E-state index contributed by atoms with van der Waals surface area (Å²) < 4.78 is 0. The van der Waals surface area contributed by atoms with Crippen molar-refractivity contribution in [2.45, 2.75) is 57.4 Å². The van der Waals surface area contributed by atoms with Crippen LogP contribution in [0.1, 0.15) is 67.8 Å². The monoisotopic (exact) mass is 328 g/mol. The van der Waals surface area contributed by atoms with E-state index in [1.807, 2.05) is 12.1 Å². The van der Waals surface area contributed by atoms with E-state index >= 15 is 0 Å². The quantitative estimate of drug-likeness (QED) is 0.666. The van der Waals surface area contributed by atoms with Crippen molar-refractivity contribution in [1.82, 2.24) is 10.2 Å². The molecule has 3 rings (SSSR count). The summed E-state index contributed by atoms with van der Waals surface area (Å²) in [5.74, 6) is 0.00105. The number of Topliss-reactive ketones (excluding diaryl/α,β-unsaturated/α-hetero) is 1. The Bertz CT molecular complexity index is 660. The lowest BCUT2D eigenvalue weighted by molar-refractivity contribution is -0.130. The Morgan fingerprint density at radius 3 is 2.42 bits per heavy atom. The zero-order valence-corrected chi connectivity index (χ0v) is 14.3. The maximum Gasteiger partial charge on any atom is 0.325 e. The molecule has 1 atom stereocenters. The highest BCUT2D eigenvalue weighted by Crippen LogP contribution is 2.35. The van der Waals surface area contributed by atoms with Gasteiger partial charge in [-0.1, -0.05) is 51.0 Å². The van der Waals surface area contributed by atoms with Crippen LogP contribution in [0, 0.1) is 0 Å². The maximum absolute atomic E-state index is 12.6. The molecule has 1 saturated carbocycles. The van der Waals surface area contributed by atoms with Crippen LogP contribution >= 0.6 is 0 Å². The molecule has 2 aliphatic rings. The van der Waals surface area contributed by atoms with E-state index < -0.39 is 11.6 Å². The molecule has 0 bridgehead atoms. The van der Waals surface area contributed by atoms with Crippen molar-refractivity contribution in [3.05, 3.63) is 35.4 Å². The number of rotatable bonds is 5. The minimum absolute atomic E-state index is 0.185. The van der Waals surface area contributed by atoms with Gasteiger partial charge in [0.25, 0.3) is 5.91 Å². The van der Waals surface area contributed by atoms with Gasteiger partial charge in [-0.05, 0) is 30.7 Å². The lowest BCUT2D eigenvalue weighted by atomic mass is 9.96. The molecule has 5 heteroatoms. The van der Waals surface area contributed by atoms with E-state index in [0.29, 0.717) is 24.3 Å². The number of urea groups is 1. The van der Waals surface area contributed by atoms with E-state index in [9.17, 15) is 14.4 Å². The van der Waals surface area contributed by atoms with Gasteiger partial charge in [-0.2, -0.15) is 0 Å². The maximum atomic E-state index is 12.6. The molecule has 0 aromatic heterocycles. The third kappa shape index (κ3) is 2.83. The van der Waals surface area contributed by atoms with Crippen LogP contribution in [0.5, 0.6) is 0 Å².